The third kappa shape index (κ3) is 6.73. The maximum Gasteiger partial charge on any atom is 0.251 e. The van der Waals surface area contributed by atoms with Gasteiger partial charge in [-0.3, -0.25) is 9.10 Å². The molecule has 0 saturated heterocycles. The van der Waals surface area contributed by atoms with Gasteiger partial charge in [-0.1, -0.05) is 74.5 Å². The smallest absolute Gasteiger partial charge is 0.251 e. The summed E-state index contributed by atoms with van der Waals surface area (Å²) in [5, 5.41) is 3.10. The fraction of sp³-hybridized carbons (Fsp3) is 0.345. The summed E-state index contributed by atoms with van der Waals surface area (Å²) in [4.78, 5) is 12.9. The first-order valence-electron chi connectivity index (χ1n) is 11.9. The highest BCUT2D eigenvalue weighted by Crippen LogP contribution is 2.29. The second-order valence-corrected chi connectivity index (χ2v) is 11.9. The normalized spacial score (nSPS) is 12.7. The highest BCUT2D eigenvalue weighted by molar-refractivity contribution is 7.92. The molecular formula is C29H36N2O3S. The number of aryl methyl sites for hydroxylation is 2. The molecule has 0 saturated carbocycles. The van der Waals surface area contributed by atoms with Crippen molar-refractivity contribution in [2.24, 2.45) is 0 Å². The maximum atomic E-state index is 12.9. The third-order valence-electron chi connectivity index (χ3n) is 6.38. The molecule has 6 heteroatoms. The van der Waals surface area contributed by atoms with Gasteiger partial charge in [-0.25, -0.2) is 8.42 Å². The van der Waals surface area contributed by atoms with Crippen molar-refractivity contribution in [3.05, 3.63) is 101 Å². The number of para-hydroxylation sites is 1. The first-order valence-corrected chi connectivity index (χ1v) is 13.7. The number of hydrogen-bond donors (Lipinski definition) is 1. The van der Waals surface area contributed by atoms with Gasteiger partial charge in [0.05, 0.1) is 18.5 Å². The Kier molecular flexibility index (Phi) is 8.06. The molecule has 1 atom stereocenters. The first kappa shape index (κ1) is 26.5. The first-order chi connectivity index (χ1) is 16.4. The molecule has 0 aromatic heterocycles. The SMILES string of the molecule is Cc1cccc(C)c1N(Cc1ccc(C(=O)N[C@H](C)CC(C)(C)c2ccccc2)cc1)S(C)(=O)=O. The van der Waals surface area contributed by atoms with Crippen LogP contribution in [-0.2, 0) is 22.0 Å². The Hall–Kier alpha value is -3.12. The number of rotatable bonds is 9. The number of benzene rings is 3. The summed E-state index contributed by atoms with van der Waals surface area (Å²) in [6, 6.07) is 23.2. The summed E-state index contributed by atoms with van der Waals surface area (Å²) < 4.78 is 26.7. The maximum absolute atomic E-state index is 12.9. The van der Waals surface area contributed by atoms with Crippen LogP contribution in [0.5, 0.6) is 0 Å². The van der Waals surface area contributed by atoms with Crippen LogP contribution in [0.25, 0.3) is 0 Å². The predicted molar refractivity (Wildman–Crippen MR) is 144 cm³/mol. The van der Waals surface area contributed by atoms with Crippen LogP contribution < -0.4 is 9.62 Å². The molecule has 5 nitrogen and oxygen atoms in total. The van der Waals surface area contributed by atoms with Crippen LogP contribution in [0, 0.1) is 13.8 Å². The van der Waals surface area contributed by atoms with E-state index in [0.717, 1.165) is 23.1 Å². The Morgan fingerprint density at radius 3 is 2.03 bits per heavy atom. The molecule has 0 spiro atoms. The quantitative estimate of drug-likeness (QED) is 0.413. The van der Waals surface area contributed by atoms with Gasteiger partial charge in [-0.15, -0.1) is 0 Å². The molecule has 0 heterocycles. The number of hydrogen-bond acceptors (Lipinski definition) is 3. The molecule has 0 aliphatic heterocycles. The molecule has 0 radical (unpaired) electrons. The van der Waals surface area contributed by atoms with Crippen molar-refractivity contribution in [3.8, 4) is 0 Å². The van der Waals surface area contributed by atoms with Crippen LogP contribution in [0.15, 0.2) is 72.8 Å². The van der Waals surface area contributed by atoms with E-state index in [4.69, 9.17) is 0 Å². The predicted octanol–water partition coefficient (Wildman–Crippen LogP) is 5.76. The van der Waals surface area contributed by atoms with Gasteiger partial charge in [0.15, 0.2) is 0 Å². The fourth-order valence-electron chi connectivity index (χ4n) is 4.62. The van der Waals surface area contributed by atoms with E-state index in [1.165, 1.54) is 16.1 Å². The summed E-state index contributed by atoms with van der Waals surface area (Å²) in [7, 11) is -3.49. The van der Waals surface area contributed by atoms with Gasteiger partial charge >= 0.3 is 0 Å². The summed E-state index contributed by atoms with van der Waals surface area (Å²) in [6.07, 6.45) is 2.03. The van der Waals surface area contributed by atoms with E-state index < -0.39 is 10.0 Å². The average Bonchev–Trinajstić information content (AvgIpc) is 2.78. The van der Waals surface area contributed by atoms with Gasteiger partial charge < -0.3 is 5.32 Å². The van der Waals surface area contributed by atoms with Gasteiger partial charge in [0.1, 0.15) is 0 Å². The molecule has 186 valence electrons. The molecule has 1 amide bonds. The topological polar surface area (TPSA) is 66.5 Å². The Balaban J connectivity index is 1.70. The molecule has 0 fully saturated rings. The molecule has 35 heavy (non-hydrogen) atoms. The van der Waals surface area contributed by atoms with E-state index in [2.05, 4.69) is 31.3 Å². The minimum Gasteiger partial charge on any atom is -0.350 e. The molecule has 1 N–H and O–H groups in total. The fourth-order valence-corrected chi connectivity index (χ4v) is 5.62. The van der Waals surface area contributed by atoms with Crippen molar-refractivity contribution in [2.75, 3.05) is 10.6 Å². The minimum atomic E-state index is -3.49. The standard InChI is InChI=1S/C29H36N2O3S/c1-21-11-10-12-22(2)27(21)31(35(6,33)34)20-24-15-17-25(18-16-24)28(32)30-23(3)19-29(4,5)26-13-8-7-9-14-26/h7-18,23H,19-20H2,1-6H3,(H,30,32)/t23-/m1/s1. The second-order valence-electron chi connectivity index (χ2n) is 10.0. The number of carbonyl (C=O) groups is 1. The molecule has 0 bridgehead atoms. The molecule has 3 aromatic rings. The summed E-state index contributed by atoms with van der Waals surface area (Å²) in [6.45, 7) is 10.4. The molecule has 3 aromatic carbocycles. The second kappa shape index (κ2) is 10.6. The van der Waals surface area contributed by atoms with Crippen LogP contribution in [0.3, 0.4) is 0 Å². The van der Waals surface area contributed by atoms with E-state index in [9.17, 15) is 13.2 Å². The van der Waals surface area contributed by atoms with Crippen molar-refractivity contribution < 1.29 is 13.2 Å². The third-order valence-corrected chi connectivity index (χ3v) is 7.49. The number of sulfonamides is 1. The Bertz CT molecular complexity index is 1250. The van der Waals surface area contributed by atoms with Crippen molar-refractivity contribution in [1.82, 2.24) is 5.32 Å². The van der Waals surface area contributed by atoms with E-state index >= 15 is 0 Å². The van der Waals surface area contributed by atoms with E-state index in [1.807, 2.05) is 69.3 Å². The number of carbonyl (C=O) groups excluding carboxylic acids is 1. The molecule has 0 unspecified atom stereocenters. The van der Waals surface area contributed by atoms with Crippen LogP contribution in [-0.4, -0.2) is 26.6 Å². The number of nitrogens with one attached hydrogen (secondary N) is 1. The van der Waals surface area contributed by atoms with E-state index in [1.54, 1.807) is 12.1 Å². The van der Waals surface area contributed by atoms with Gasteiger partial charge in [0.2, 0.25) is 10.0 Å². The average molecular weight is 493 g/mol. The van der Waals surface area contributed by atoms with Crippen molar-refractivity contribution in [1.29, 1.82) is 0 Å². The summed E-state index contributed by atoms with van der Waals surface area (Å²) >= 11 is 0. The van der Waals surface area contributed by atoms with Gasteiger partial charge in [0, 0.05) is 11.6 Å². The summed E-state index contributed by atoms with van der Waals surface area (Å²) in [5.41, 5.74) is 5.04. The highest BCUT2D eigenvalue weighted by atomic mass is 32.2. The summed E-state index contributed by atoms with van der Waals surface area (Å²) in [5.74, 6) is -0.136. The monoisotopic (exact) mass is 492 g/mol. The van der Waals surface area contributed by atoms with Gasteiger partial charge in [0.25, 0.3) is 5.91 Å². The Morgan fingerprint density at radius 1 is 0.914 bits per heavy atom. The minimum absolute atomic E-state index is 0.0119. The van der Waals surface area contributed by atoms with E-state index in [0.29, 0.717) is 11.3 Å². The number of amides is 1. The molecular weight excluding hydrogens is 456 g/mol. The molecule has 0 aliphatic carbocycles. The zero-order valence-electron chi connectivity index (χ0n) is 21.5. The Morgan fingerprint density at radius 2 is 1.49 bits per heavy atom. The molecule has 3 rings (SSSR count). The Labute approximate surface area is 210 Å². The number of nitrogens with zero attached hydrogens (tertiary/aromatic N) is 1. The van der Waals surface area contributed by atoms with Crippen molar-refractivity contribution >= 4 is 21.6 Å². The van der Waals surface area contributed by atoms with Gasteiger partial charge in [-0.05, 0) is 67.0 Å². The van der Waals surface area contributed by atoms with Crippen LogP contribution >= 0.6 is 0 Å². The zero-order chi connectivity index (χ0) is 25.8. The lowest BCUT2D eigenvalue weighted by Gasteiger charge is -2.29. The van der Waals surface area contributed by atoms with Crippen molar-refractivity contribution in [2.45, 2.75) is 59.0 Å². The molecule has 0 aliphatic rings. The van der Waals surface area contributed by atoms with Crippen LogP contribution in [0.1, 0.15) is 59.8 Å². The largest absolute Gasteiger partial charge is 0.350 e. The van der Waals surface area contributed by atoms with Crippen LogP contribution in [0.4, 0.5) is 5.69 Å². The lowest BCUT2D eigenvalue weighted by molar-refractivity contribution is 0.0934. The zero-order valence-corrected chi connectivity index (χ0v) is 22.3. The highest BCUT2D eigenvalue weighted by Gasteiger charge is 2.25. The lowest BCUT2D eigenvalue weighted by atomic mass is 9.79. The van der Waals surface area contributed by atoms with Gasteiger partial charge in [-0.2, -0.15) is 0 Å². The van der Waals surface area contributed by atoms with Crippen molar-refractivity contribution in [3.63, 3.8) is 0 Å². The number of anilines is 1. The van der Waals surface area contributed by atoms with E-state index in [-0.39, 0.29) is 23.9 Å². The van der Waals surface area contributed by atoms with Crippen LogP contribution in [0.2, 0.25) is 0 Å². The lowest BCUT2D eigenvalue weighted by Crippen LogP contribution is -2.37.